The lowest BCUT2D eigenvalue weighted by atomic mass is 10.2. The standard InChI is InChI=1S/C17H19NO3S2/c1-12-4-6-14(7-5-12)22-11-17(19)18-16-9-8-15(10-13(16)2)23(3,20)21/h4-10H,11H2,1-3H3,(H,18,19). The predicted molar refractivity (Wildman–Crippen MR) is 94.8 cm³/mol. The molecule has 0 heterocycles. The minimum absolute atomic E-state index is 0.120. The van der Waals surface area contributed by atoms with E-state index in [4.69, 9.17) is 0 Å². The summed E-state index contributed by atoms with van der Waals surface area (Å²) < 4.78 is 23.0. The normalized spacial score (nSPS) is 11.3. The third kappa shape index (κ3) is 5.11. The molecule has 6 heteroatoms. The summed E-state index contributed by atoms with van der Waals surface area (Å²) in [6.07, 6.45) is 1.16. The van der Waals surface area contributed by atoms with E-state index < -0.39 is 9.84 Å². The number of nitrogens with one attached hydrogen (secondary N) is 1. The number of carbonyl (C=O) groups excluding carboxylic acids is 1. The molecule has 2 rings (SSSR count). The van der Waals surface area contributed by atoms with Crippen LogP contribution in [0.15, 0.2) is 52.3 Å². The highest BCUT2D eigenvalue weighted by Crippen LogP contribution is 2.21. The van der Waals surface area contributed by atoms with Gasteiger partial charge in [0.1, 0.15) is 0 Å². The first kappa shape index (κ1) is 17.6. The van der Waals surface area contributed by atoms with Crippen molar-refractivity contribution >= 4 is 33.2 Å². The second-order valence-corrected chi connectivity index (χ2v) is 8.46. The van der Waals surface area contributed by atoms with Crippen LogP contribution >= 0.6 is 11.8 Å². The van der Waals surface area contributed by atoms with Gasteiger partial charge in [-0.25, -0.2) is 8.42 Å². The molecule has 0 aliphatic rings. The van der Waals surface area contributed by atoms with Gasteiger partial charge in [-0.05, 0) is 49.7 Å². The summed E-state index contributed by atoms with van der Waals surface area (Å²) in [5.41, 5.74) is 2.54. The van der Waals surface area contributed by atoms with Crippen molar-refractivity contribution in [3.8, 4) is 0 Å². The second-order valence-electron chi connectivity index (χ2n) is 5.40. The van der Waals surface area contributed by atoms with E-state index in [1.165, 1.54) is 23.4 Å². The van der Waals surface area contributed by atoms with E-state index in [2.05, 4.69) is 5.32 Å². The van der Waals surface area contributed by atoms with Crippen LogP contribution < -0.4 is 5.32 Å². The summed E-state index contributed by atoms with van der Waals surface area (Å²) in [4.78, 5) is 13.3. The van der Waals surface area contributed by atoms with Crippen molar-refractivity contribution in [2.45, 2.75) is 23.6 Å². The van der Waals surface area contributed by atoms with Gasteiger partial charge in [-0.3, -0.25) is 4.79 Å². The van der Waals surface area contributed by atoms with Crippen LogP contribution in [0.5, 0.6) is 0 Å². The van der Waals surface area contributed by atoms with Gasteiger partial charge in [0.15, 0.2) is 9.84 Å². The van der Waals surface area contributed by atoms with Gasteiger partial charge in [0.05, 0.1) is 10.6 Å². The molecule has 1 N–H and O–H groups in total. The van der Waals surface area contributed by atoms with Crippen LogP contribution in [0.1, 0.15) is 11.1 Å². The molecule has 1 amide bonds. The number of benzene rings is 2. The van der Waals surface area contributed by atoms with Gasteiger partial charge < -0.3 is 5.32 Å². The zero-order valence-electron chi connectivity index (χ0n) is 13.3. The van der Waals surface area contributed by atoms with Crippen molar-refractivity contribution in [1.29, 1.82) is 0 Å². The number of anilines is 1. The minimum atomic E-state index is -3.24. The molecule has 0 radical (unpaired) electrons. The molecule has 122 valence electrons. The molecule has 0 spiro atoms. The topological polar surface area (TPSA) is 63.2 Å². The van der Waals surface area contributed by atoms with Crippen LogP contribution in [-0.2, 0) is 14.6 Å². The Labute approximate surface area is 141 Å². The molecule has 0 saturated carbocycles. The SMILES string of the molecule is Cc1ccc(SCC(=O)Nc2ccc(S(C)(=O)=O)cc2C)cc1. The maximum absolute atomic E-state index is 12.0. The van der Waals surface area contributed by atoms with Crippen LogP contribution in [0.3, 0.4) is 0 Å². The molecule has 0 aliphatic carbocycles. The summed E-state index contributed by atoms with van der Waals surface area (Å²) in [6.45, 7) is 3.79. The number of thioether (sulfide) groups is 1. The number of sulfone groups is 1. The number of rotatable bonds is 5. The number of aryl methyl sites for hydroxylation is 2. The monoisotopic (exact) mass is 349 g/mol. The zero-order chi connectivity index (χ0) is 17.0. The molecule has 2 aromatic rings. The molecule has 2 aromatic carbocycles. The highest BCUT2D eigenvalue weighted by molar-refractivity contribution is 8.00. The second kappa shape index (κ2) is 7.19. The lowest BCUT2D eigenvalue weighted by Gasteiger charge is -2.10. The van der Waals surface area contributed by atoms with Crippen molar-refractivity contribution in [2.24, 2.45) is 0 Å². The Kier molecular flexibility index (Phi) is 5.49. The average molecular weight is 349 g/mol. The smallest absolute Gasteiger partial charge is 0.234 e. The van der Waals surface area contributed by atoms with Crippen molar-refractivity contribution in [3.05, 3.63) is 53.6 Å². The molecule has 0 unspecified atom stereocenters. The average Bonchev–Trinajstić information content (AvgIpc) is 2.48. The van der Waals surface area contributed by atoms with Gasteiger partial charge in [0.25, 0.3) is 0 Å². The number of carbonyl (C=O) groups is 1. The Hall–Kier alpha value is -1.79. The van der Waals surface area contributed by atoms with Gasteiger partial charge in [0, 0.05) is 16.8 Å². The first-order valence-electron chi connectivity index (χ1n) is 7.06. The predicted octanol–water partition coefficient (Wildman–Crippen LogP) is 3.44. The first-order valence-corrected chi connectivity index (χ1v) is 9.93. The van der Waals surface area contributed by atoms with Crippen molar-refractivity contribution in [3.63, 3.8) is 0 Å². The van der Waals surface area contributed by atoms with Crippen LogP contribution in [0.25, 0.3) is 0 Å². The molecular formula is C17H19NO3S2. The maximum Gasteiger partial charge on any atom is 0.234 e. The Morgan fingerprint density at radius 3 is 2.30 bits per heavy atom. The summed E-state index contributed by atoms with van der Waals surface area (Å²) in [5.74, 6) is 0.182. The van der Waals surface area contributed by atoms with E-state index in [0.29, 0.717) is 11.4 Å². The van der Waals surface area contributed by atoms with Crippen LogP contribution in [0.2, 0.25) is 0 Å². The van der Waals surface area contributed by atoms with E-state index in [-0.39, 0.29) is 10.8 Å². The molecule has 0 aliphatic heterocycles. The third-order valence-corrected chi connectivity index (χ3v) is 5.41. The highest BCUT2D eigenvalue weighted by Gasteiger charge is 2.11. The first-order chi connectivity index (χ1) is 10.8. The quantitative estimate of drug-likeness (QED) is 0.840. The molecule has 0 aromatic heterocycles. The molecule has 0 bridgehead atoms. The Morgan fingerprint density at radius 2 is 1.74 bits per heavy atom. The van der Waals surface area contributed by atoms with Crippen LogP contribution in [0.4, 0.5) is 5.69 Å². The van der Waals surface area contributed by atoms with Gasteiger partial charge >= 0.3 is 0 Å². The maximum atomic E-state index is 12.0. The van der Waals surface area contributed by atoms with Gasteiger partial charge in [0.2, 0.25) is 5.91 Å². The van der Waals surface area contributed by atoms with Crippen LogP contribution in [-0.4, -0.2) is 26.3 Å². The van der Waals surface area contributed by atoms with Crippen molar-refractivity contribution in [2.75, 3.05) is 17.3 Å². The lowest BCUT2D eigenvalue weighted by Crippen LogP contribution is -2.15. The summed E-state index contributed by atoms with van der Waals surface area (Å²) in [6, 6.07) is 12.7. The highest BCUT2D eigenvalue weighted by atomic mass is 32.2. The number of amides is 1. The lowest BCUT2D eigenvalue weighted by molar-refractivity contribution is -0.113. The molecule has 0 fully saturated rings. The Balaban J connectivity index is 1.99. The fourth-order valence-electron chi connectivity index (χ4n) is 1.98. The molecule has 23 heavy (non-hydrogen) atoms. The summed E-state index contributed by atoms with van der Waals surface area (Å²) in [5, 5.41) is 2.82. The molecule has 0 saturated heterocycles. The summed E-state index contributed by atoms with van der Waals surface area (Å²) in [7, 11) is -3.24. The van der Waals surface area contributed by atoms with E-state index in [9.17, 15) is 13.2 Å². The summed E-state index contributed by atoms with van der Waals surface area (Å²) >= 11 is 1.46. The van der Waals surface area contributed by atoms with Crippen molar-refractivity contribution < 1.29 is 13.2 Å². The molecule has 4 nitrogen and oxygen atoms in total. The van der Waals surface area contributed by atoms with E-state index in [1.54, 1.807) is 19.1 Å². The largest absolute Gasteiger partial charge is 0.325 e. The fourth-order valence-corrected chi connectivity index (χ4v) is 3.38. The zero-order valence-corrected chi connectivity index (χ0v) is 14.9. The molecular weight excluding hydrogens is 330 g/mol. The number of hydrogen-bond donors (Lipinski definition) is 1. The number of hydrogen-bond acceptors (Lipinski definition) is 4. The van der Waals surface area contributed by atoms with Gasteiger partial charge in [-0.15, -0.1) is 11.8 Å². The third-order valence-electron chi connectivity index (χ3n) is 3.29. The Bertz CT molecular complexity index is 812. The van der Waals surface area contributed by atoms with Crippen LogP contribution in [0, 0.1) is 13.8 Å². The van der Waals surface area contributed by atoms with E-state index in [0.717, 1.165) is 16.7 Å². The van der Waals surface area contributed by atoms with E-state index in [1.807, 2.05) is 31.2 Å². The minimum Gasteiger partial charge on any atom is -0.325 e. The van der Waals surface area contributed by atoms with Crippen molar-refractivity contribution in [1.82, 2.24) is 0 Å². The Morgan fingerprint density at radius 1 is 1.09 bits per heavy atom. The van der Waals surface area contributed by atoms with E-state index >= 15 is 0 Å². The van der Waals surface area contributed by atoms with Gasteiger partial charge in [-0.2, -0.15) is 0 Å². The molecule has 0 atom stereocenters. The fraction of sp³-hybridized carbons (Fsp3) is 0.235. The van der Waals surface area contributed by atoms with Gasteiger partial charge in [-0.1, -0.05) is 17.7 Å².